The Labute approximate surface area is 152 Å². The minimum absolute atomic E-state index is 0.132. The second kappa shape index (κ2) is 6.32. The number of ether oxygens (including phenoxy) is 2. The van der Waals surface area contributed by atoms with Crippen LogP contribution >= 0.6 is 0 Å². The summed E-state index contributed by atoms with van der Waals surface area (Å²) in [5.74, 6) is 0.0786. The first kappa shape index (κ1) is 18.3. The van der Waals surface area contributed by atoms with Gasteiger partial charge in [0.2, 0.25) is 0 Å². The lowest BCUT2D eigenvalue weighted by molar-refractivity contribution is -0.135. The van der Waals surface area contributed by atoms with Crippen LogP contribution in [-0.4, -0.2) is 66.2 Å². The van der Waals surface area contributed by atoms with Gasteiger partial charge in [0, 0.05) is 38.3 Å². The van der Waals surface area contributed by atoms with E-state index in [1.54, 1.807) is 39.3 Å². The SMILES string of the molecule is CN(C)C(=O)c1ccc2c(c1)[C@@H](N(C)C1=CC(=O)OC1)[C@H](O)C(C)(C)O2. The first-order valence-corrected chi connectivity index (χ1v) is 8.44. The third-order valence-electron chi connectivity index (χ3n) is 4.88. The Bertz CT molecular complexity index is 784. The maximum atomic E-state index is 12.3. The predicted octanol–water partition coefficient (Wildman–Crippen LogP) is 1.33. The number of rotatable bonds is 3. The monoisotopic (exact) mass is 360 g/mol. The van der Waals surface area contributed by atoms with Crippen molar-refractivity contribution in [3.05, 3.63) is 41.1 Å². The molecule has 1 aromatic rings. The lowest BCUT2D eigenvalue weighted by Crippen LogP contribution is -2.52. The lowest BCUT2D eigenvalue weighted by Gasteiger charge is -2.46. The molecule has 0 spiro atoms. The van der Waals surface area contributed by atoms with Crippen molar-refractivity contribution in [2.45, 2.75) is 31.6 Å². The zero-order valence-corrected chi connectivity index (χ0v) is 15.6. The lowest BCUT2D eigenvalue weighted by atomic mass is 9.84. The number of esters is 1. The van der Waals surface area contributed by atoms with Gasteiger partial charge >= 0.3 is 5.97 Å². The Kier molecular flexibility index (Phi) is 4.44. The van der Waals surface area contributed by atoms with Gasteiger partial charge in [-0.1, -0.05) is 0 Å². The zero-order chi connectivity index (χ0) is 19.2. The fraction of sp³-hybridized carbons (Fsp3) is 0.474. The van der Waals surface area contributed by atoms with Crippen LogP contribution in [0, 0.1) is 0 Å². The van der Waals surface area contributed by atoms with E-state index in [0.717, 1.165) is 0 Å². The van der Waals surface area contributed by atoms with Crippen LogP contribution in [0.4, 0.5) is 0 Å². The standard InChI is InChI=1S/C19H24N2O5/c1-19(2)17(23)16(21(5)12-9-15(22)25-10-12)13-8-11(18(24)20(3)4)6-7-14(13)26-19/h6-9,16-17,23H,10H2,1-5H3/t16-,17+/m1/s1. The van der Waals surface area contributed by atoms with Crippen LogP contribution in [0.5, 0.6) is 5.75 Å². The number of carbonyl (C=O) groups is 2. The molecule has 0 radical (unpaired) electrons. The number of aliphatic hydroxyl groups is 1. The van der Waals surface area contributed by atoms with E-state index in [0.29, 0.717) is 22.6 Å². The number of cyclic esters (lactones) is 1. The van der Waals surface area contributed by atoms with Crippen LogP contribution in [0.3, 0.4) is 0 Å². The highest BCUT2D eigenvalue weighted by molar-refractivity contribution is 5.94. The van der Waals surface area contributed by atoms with Crippen LogP contribution < -0.4 is 4.74 Å². The van der Waals surface area contributed by atoms with Crippen molar-refractivity contribution in [2.75, 3.05) is 27.7 Å². The number of fused-ring (bicyclic) bond motifs is 1. The number of amides is 1. The fourth-order valence-corrected chi connectivity index (χ4v) is 3.32. The van der Waals surface area contributed by atoms with E-state index in [4.69, 9.17) is 9.47 Å². The highest BCUT2D eigenvalue weighted by atomic mass is 16.5. The van der Waals surface area contributed by atoms with E-state index in [9.17, 15) is 14.7 Å². The normalized spacial score (nSPS) is 23.5. The van der Waals surface area contributed by atoms with E-state index in [1.165, 1.54) is 11.0 Å². The van der Waals surface area contributed by atoms with Gasteiger partial charge in [-0.25, -0.2) is 4.79 Å². The van der Waals surface area contributed by atoms with Crippen LogP contribution in [0.25, 0.3) is 0 Å². The minimum Gasteiger partial charge on any atom is -0.485 e. The Morgan fingerprint density at radius 2 is 1.96 bits per heavy atom. The Hall–Kier alpha value is -2.54. The molecule has 0 saturated carbocycles. The predicted molar refractivity (Wildman–Crippen MR) is 94.7 cm³/mol. The summed E-state index contributed by atoms with van der Waals surface area (Å²) in [4.78, 5) is 27.1. The number of nitrogens with zero attached hydrogens (tertiary/aromatic N) is 2. The number of hydrogen-bond donors (Lipinski definition) is 1. The number of carbonyl (C=O) groups excluding carboxylic acids is 2. The summed E-state index contributed by atoms with van der Waals surface area (Å²) in [5, 5.41) is 11.0. The summed E-state index contributed by atoms with van der Waals surface area (Å²) in [5.41, 5.74) is 1.05. The second-order valence-corrected chi connectivity index (χ2v) is 7.40. The average Bonchev–Trinajstić information content (AvgIpc) is 3.00. The zero-order valence-electron chi connectivity index (χ0n) is 15.6. The molecule has 3 rings (SSSR count). The molecule has 2 aliphatic heterocycles. The molecule has 2 aliphatic rings. The van der Waals surface area contributed by atoms with Gasteiger partial charge < -0.3 is 24.4 Å². The minimum atomic E-state index is -0.874. The van der Waals surface area contributed by atoms with Crippen molar-refractivity contribution in [1.82, 2.24) is 9.80 Å². The molecular weight excluding hydrogens is 336 g/mol. The van der Waals surface area contributed by atoms with E-state index in [2.05, 4.69) is 0 Å². The van der Waals surface area contributed by atoms with Crippen molar-refractivity contribution in [1.29, 1.82) is 0 Å². The maximum absolute atomic E-state index is 12.3. The van der Waals surface area contributed by atoms with Crippen molar-refractivity contribution in [3.8, 4) is 5.75 Å². The van der Waals surface area contributed by atoms with Gasteiger partial charge in [0.1, 0.15) is 24.1 Å². The van der Waals surface area contributed by atoms with Crippen molar-refractivity contribution in [3.63, 3.8) is 0 Å². The van der Waals surface area contributed by atoms with Gasteiger partial charge in [0.05, 0.1) is 11.7 Å². The van der Waals surface area contributed by atoms with E-state index in [-0.39, 0.29) is 12.5 Å². The molecule has 7 heteroatoms. The number of hydrogen-bond acceptors (Lipinski definition) is 6. The molecule has 7 nitrogen and oxygen atoms in total. The number of benzene rings is 1. The molecule has 1 aromatic carbocycles. The summed E-state index contributed by atoms with van der Waals surface area (Å²) >= 11 is 0. The quantitative estimate of drug-likeness (QED) is 0.820. The Balaban J connectivity index is 2.08. The number of likely N-dealkylation sites (N-methyl/N-ethyl adjacent to an activating group) is 1. The summed E-state index contributed by atoms with van der Waals surface area (Å²) in [6.45, 7) is 3.78. The van der Waals surface area contributed by atoms with E-state index >= 15 is 0 Å². The molecule has 0 unspecified atom stereocenters. The van der Waals surface area contributed by atoms with Gasteiger partial charge in [0.25, 0.3) is 5.91 Å². The highest BCUT2D eigenvalue weighted by Crippen LogP contribution is 2.44. The summed E-state index contributed by atoms with van der Waals surface area (Å²) < 4.78 is 11.0. The molecular formula is C19H24N2O5. The highest BCUT2D eigenvalue weighted by Gasteiger charge is 2.45. The first-order chi connectivity index (χ1) is 12.1. The van der Waals surface area contributed by atoms with Crippen LogP contribution in [0.1, 0.15) is 35.8 Å². The third-order valence-corrected chi connectivity index (χ3v) is 4.88. The molecule has 2 atom stereocenters. The van der Waals surface area contributed by atoms with Gasteiger partial charge in [-0.05, 0) is 32.0 Å². The second-order valence-electron chi connectivity index (χ2n) is 7.40. The van der Waals surface area contributed by atoms with Crippen LogP contribution in [0.2, 0.25) is 0 Å². The van der Waals surface area contributed by atoms with Gasteiger partial charge in [-0.2, -0.15) is 0 Å². The van der Waals surface area contributed by atoms with E-state index in [1.807, 2.05) is 18.7 Å². The van der Waals surface area contributed by atoms with Gasteiger partial charge in [0.15, 0.2) is 0 Å². The smallest absolute Gasteiger partial charge is 0.333 e. The molecule has 0 aliphatic carbocycles. The van der Waals surface area contributed by atoms with Crippen LogP contribution in [0.15, 0.2) is 30.0 Å². The topological polar surface area (TPSA) is 79.3 Å². The van der Waals surface area contributed by atoms with Crippen molar-refractivity contribution >= 4 is 11.9 Å². The molecule has 0 bridgehead atoms. The van der Waals surface area contributed by atoms with Crippen molar-refractivity contribution in [2.24, 2.45) is 0 Å². The van der Waals surface area contributed by atoms with Crippen LogP contribution in [-0.2, 0) is 9.53 Å². The maximum Gasteiger partial charge on any atom is 0.333 e. The molecule has 26 heavy (non-hydrogen) atoms. The van der Waals surface area contributed by atoms with E-state index < -0.39 is 23.7 Å². The summed E-state index contributed by atoms with van der Waals surface area (Å²) in [6, 6.07) is 4.73. The Morgan fingerprint density at radius 3 is 2.54 bits per heavy atom. The molecule has 1 N–H and O–H groups in total. The largest absolute Gasteiger partial charge is 0.485 e. The fourth-order valence-electron chi connectivity index (χ4n) is 3.32. The molecule has 1 amide bonds. The Morgan fingerprint density at radius 1 is 1.27 bits per heavy atom. The first-order valence-electron chi connectivity index (χ1n) is 8.44. The molecule has 0 aromatic heterocycles. The third kappa shape index (κ3) is 3.03. The molecule has 140 valence electrons. The van der Waals surface area contributed by atoms with Gasteiger partial charge in [-0.15, -0.1) is 0 Å². The molecule has 2 heterocycles. The molecule has 0 saturated heterocycles. The molecule has 0 fully saturated rings. The summed E-state index contributed by atoms with van der Waals surface area (Å²) in [6.07, 6.45) is 0.547. The summed E-state index contributed by atoms with van der Waals surface area (Å²) in [7, 11) is 5.17. The van der Waals surface area contributed by atoms with Crippen molar-refractivity contribution < 1.29 is 24.2 Å². The van der Waals surface area contributed by atoms with Gasteiger partial charge in [-0.3, -0.25) is 4.79 Å². The average molecular weight is 360 g/mol. The number of aliphatic hydroxyl groups excluding tert-OH is 1.